The molecule has 2 aromatic heterocycles. The lowest BCUT2D eigenvalue weighted by Crippen LogP contribution is -2.09. The van der Waals surface area contributed by atoms with Crippen LogP contribution in [-0.4, -0.2) is 22.0 Å². The number of rotatable bonds is 4. The lowest BCUT2D eigenvalue weighted by molar-refractivity contribution is 0.877. The van der Waals surface area contributed by atoms with E-state index in [4.69, 9.17) is 11.6 Å². The molecule has 2 heterocycles. The number of nitrogens with one attached hydrogen (secondary N) is 2. The van der Waals surface area contributed by atoms with Gasteiger partial charge in [0.05, 0.1) is 22.9 Å². The first-order valence-electron chi connectivity index (χ1n) is 5.92. The fourth-order valence-corrected chi connectivity index (χ4v) is 2.88. The topological polar surface area (TPSA) is 62.7 Å². The maximum Gasteiger partial charge on any atom is 0.224 e. The molecule has 1 unspecified atom stereocenters. The van der Waals surface area contributed by atoms with Gasteiger partial charge in [-0.1, -0.05) is 11.6 Å². The van der Waals surface area contributed by atoms with Crippen molar-refractivity contribution in [1.29, 1.82) is 0 Å². The summed E-state index contributed by atoms with van der Waals surface area (Å²) in [6.07, 6.45) is 1.58. The minimum atomic E-state index is 0.100. The van der Waals surface area contributed by atoms with Crippen molar-refractivity contribution in [3.05, 3.63) is 26.8 Å². The molecule has 1 atom stereocenters. The van der Waals surface area contributed by atoms with Gasteiger partial charge in [-0.25, -0.2) is 9.97 Å². The molecule has 0 aliphatic rings. The summed E-state index contributed by atoms with van der Waals surface area (Å²) in [6, 6.07) is 0.100. The van der Waals surface area contributed by atoms with Gasteiger partial charge < -0.3 is 10.6 Å². The van der Waals surface area contributed by atoms with E-state index in [0.29, 0.717) is 16.8 Å². The minimum Gasteiger partial charge on any atom is -0.361 e. The second-order valence-electron chi connectivity index (χ2n) is 4.19. The first-order valence-corrected chi connectivity index (χ1v) is 7.11. The molecule has 7 heteroatoms. The van der Waals surface area contributed by atoms with E-state index in [1.807, 2.05) is 13.8 Å². The van der Waals surface area contributed by atoms with Crippen molar-refractivity contribution in [2.24, 2.45) is 0 Å². The maximum absolute atomic E-state index is 6.10. The van der Waals surface area contributed by atoms with Gasteiger partial charge in [0.25, 0.3) is 0 Å². The minimum absolute atomic E-state index is 0.100. The molecule has 0 saturated heterocycles. The molecule has 0 radical (unpaired) electrons. The summed E-state index contributed by atoms with van der Waals surface area (Å²) in [5, 5.41) is 7.76. The Balaban J connectivity index is 2.23. The normalized spacial score (nSPS) is 12.3. The van der Waals surface area contributed by atoms with E-state index in [9.17, 15) is 0 Å². The van der Waals surface area contributed by atoms with Crippen LogP contribution in [-0.2, 0) is 0 Å². The molecule has 2 N–H and O–H groups in total. The molecule has 2 aromatic rings. The van der Waals surface area contributed by atoms with Gasteiger partial charge in [0, 0.05) is 11.9 Å². The number of hydrogen-bond donors (Lipinski definition) is 2. The predicted octanol–water partition coefficient (Wildman–Crippen LogP) is 3.42. The van der Waals surface area contributed by atoms with Gasteiger partial charge in [0.2, 0.25) is 5.95 Å². The number of halogens is 1. The fourth-order valence-electron chi connectivity index (χ4n) is 1.81. The Hall–Kier alpha value is -1.40. The van der Waals surface area contributed by atoms with Crippen LogP contribution in [0.1, 0.15) is 28.5 Å². The molecule has 102 valence electrons. The Labute approximate surface area is 121 Å². The lowest BCUT2D eigenvalue weighted by atomic mass is 10.2. The monoisotopic (exact) mass is 297 g/mol. The van der Waals surface area contributed by atoms with E-state index in [-0.39, 0.29) is 6.04 Å². The number of anilines is 2. The highest BCUT2D eigenvalue weighted by Crippen LogP contribution is 2.29. The van der Waals surface area contributed by atoms with Crippen molar-refractivity contribution in [3.8, 4) is 0 Å². The van der Waals surface area contributed by atoms with E-state index >= 15 is 0 Å². The van der Waals surface area contributed by atoms with E-state index in [1.165, 1.54) is 4.88 Å². The molecule has 2 rings (SSSR count). The van der Waals surface area contributed by atoms with E-state index < -0.39 is 0 Å². The SMILES string of the molecule is CNc1ncc(Cl)c(NC(C)c2sc(C)nc2C)n1. The zero-order valence-corrected chi connectivity index (χ0v) is 12.9. The van der Waals surface area contributed by atoms with E-state index in [0.717, 1.165) is 10.7 Å². The zero-order chi connectivity index (χ0) is 14.0. The second kappa shape index (κ2) is 5.71. The standard InChI is InChI=1S/C12H16ClN5S/c1-6-10(19-8(3)16-6)7(2)17-11-9(13)5-15-12(14-4)18-11/h5,7H,1-4H3,(H2,14,15,17,18). The van der Waals surface area contributed by atoms with Crippen LogP contribution in [0, 0.1) is 13.8 Å². The van der Waals surface area contributed by atoms with Gasteiger partial charge in [-0.05, 0) is 20.8 Å². The molecule has 0 spiro atoms. The molecule has 0 bridgehead atoms. The summed E-state index contributed by atoms with van der Waals surface area (Å²) < 4.78 is 0. The van der Waals surface area contributed by atoms with Gasteiger partial charge in [0.1, 0.15) is 5.02 Å². The van der Waals surface area contributed by atoms with E-state index in [1.54, 1.807) is 24.6 Å². The molecule has 0 amide bonds. The highest BCUT2D eigenvalue weighted by atomic mass is 35.5. The Bertz CT molecular complexity index is 583. The average molecular weight is 298 g/mol. The van der Waals surface area contributed by atoms with Crippen LogP contribution >= 0.6 is 22.9 Å². The smallest absolute Gasteiger partial charge is 0.224 e. The number of hydrogen-bond acceptors (Lipinski definition) is 6. The molecule has 0 aliphatic heterocycles. The average Bonchev–Trinajstić information content (AvgIpc) is 2.71. The van der Waals surface area contributed by atoms with Crippen LogP contribution in [0.3, 0.4) is 0 Å². The summed E-state index contributed by atoms with van der Waals surface area (Å²) in [6.45, 7) is 6.08. The predicted molar refractivity (Wildman–Crippen MR) is 80.2 cm³/mol. The third-order valence-corrected chi connectivity index (χ3v) is 4.19. The van der Waals surface area contributed by atoms with Gasteiger partial charge in [0.15, 0.2) is 5.82 Å². The summed E-state index contributed by atoms with van der Waals surface area (Å²) in [7, 11) is 1.77. The molecule has 0 aliphatic carbocycles. The molecule has 5 nitrogen and oxygen atoms in total. The molecule has 19 heavy (non-hydrogen) atoms. The van der Waals surface area contributed by atoms with Crippen molar-refractivity contribution in [3.63, 3.8) is 0 Å². The van der Waals surface area contributed by atoms with Crippen molar-refractivity contribution in [1.82, 2.24) is 15.0 Å². The third-order valence-electron chi connectivity index (χ3n) is 2.65. The number of aromatic nitrogens is 3. The van der Waals surface area contributed by atoms with Gasteiger partial charge in [-0.2, -0.15) is 4.98 Å². The maximum atomic E-state index is 6.10. The summed E-state index contributed by atoms with van der Waals surface area (Å²) in [5.41, 5.74) is 1.04. The van der Waals surface area contributed by atoms with Crippen LogP contribution in [0.15, 0.2) is 6.20 Å². The zero-order valence-electron chi connectivity index (χ0n) is 11.3. The Morgan fingerprint density at radius 1 is 1.32 bits per heavy atom. The molecule has 0 aromatic carbocycles. The Morgan fingerprint density at radius 2 is 2.05 bits per heavy atom. The highest BCUT2D eigenvalue weighted by molar-refractivity contribution is 7.11. The third kappa shape index (κ3) is 3.13. The number of thiazole rings is 1. The lowest BCUT2D eigenvalue weighted by Gasteiger charge is -2.15. The number of nitrogens with zero attached hydrogens (tertiary/aromatic N) is 3. The second-order valence-corrected chi connectivity index (χ2v) is 5.83. The van der Waals surface area contributed by atoms with Crippen LogP contribution < -0.4 is 10.6 Å². The molecular weight excluding hydrogens is 282 g/mol. The van der Waals surface area contributed by atoms with Gasteiger partial charge in [-0.15, -0.1) is 11.3 Å². The van der Waals surface area contributed by atoms with Crippen molar-refractivity contribution in [2.75, 3.05) is 17.7 Å². The Kier molecular flexibility index (Phi) is 4.21. The Morgan fingerprint density at radius 3 is 2.63 bits per heavy atom. The highest BCUT2D eigenvalue weighted by Gasteiger charge is 2.15. The first-order chi connectivity index (χ1) is 9.01. The van der Waals surface area contributed by atoms with Crippen LogP contribution in [0.2, 0.25) is 5.02 Å². The largest absolute Gasteiger partial charge is 0.361 e. The van der Waals surface area contributed by atoms with Crippen LogP contribution in [0.4, 0.5) is 11.8 Å². The quantitative estimate of drug-likeness (QED) is 0.905. The molecular formula is C12H16ClN5S. The number of aryl methyl sites for hydroxylation is 2. The van der Waals surface area contributed by atoms with Gasteiger partial charge >= 0.3 is 0 Å². The first kappa shape index (κ1) is 14.0. The van der Waals surface area contributed by atoms with Crippen molar-refractivity contribution >= 4 is 34.7 Å². The van der Waals surface area contributed by atoms with Crippen LogP contribution in [0.5, 0.6) is 0 Å². The molecule has 0 saturated carbocycles. The van der Waals surface area contributed by atoms with Crippen LogP contribution in [0.25, 0.3) is 0 Å². The fraction of sp³-hybridized carbons (Fsp3) is 0.417. The summed E-state index contributed by atoms with van der Waals surface area (Å²) in [4.78, 5) is 14.0. The molecule has 0 fully saturated rings. The van der Waals surface area contributed by atoms with Crippen molar-refractivity contribution in [2.45, 2.75) is 26.8 Å². The van der Waals surface area contributed by atoms with E-state index in [2.05, 4.69) is 32.5 Å². The van der Waals surface area contributed by atoms with Gasteiger partial charge in [-0.3, -0.25) is 0 Å². The summed E-state index contributed by atoms with van der Waals surface area (Å²) >= 11 is 7.78. The van der Waals surface area contributed by atoms with Crippen molar-refractivity contribution < 1.29 is 0 Å². The summed E-state index contributed by atoms with van der Waals surface area (Å²) in [5.74, 6) is 1.16.